The van der Waals surface area contributed by atoms with Gasteiger partial charge in [0, 0.05) is 6.42 Å². The molecule has 1 amide bonds. The molecule has 1 saturated heterocycles. The van der Waals surface area contributed by atoms with E-state index in [0.717, 1.165) is 22.3 Å². The van der Waals surface area contributed by atoms with Crippen molar-refractivity contribution in [2.24, 2.45) is 0 Å². The summed E-state index contributed by atoms with van der Waals surface area (Å²) >= 11 is 0. The monoisotopic (exact) mass is 491 g/mol. The number of hydrogen-bond acceptors (Lipinski definition) is 4. The highest BCUT2D eigenvalue weighted by Crippen LogP contribution is 2.47. The summed E-state index contributed by atoms with van der Waals surface area (Å²) < 4.78 is 12.0. The quantitative estimate of drug-likeness (QED) is 0.283. The predicted molar refractivity (Wildman–Crippen MR) is 141 cm³/mol. The van der Waals surface area contributed by atoms with Crippen molar-refractivity contribution in [3.63, 3.8) is 0 Å². The Morgan fingerprint density at radius 3 is 1.81 bits per heavy atom. The maximum absolute atomic E-state index is 14.0. The van der Waals surface area contributed by atoms with Crippen LogP contribution in [0.2, 0.25) is 0 Å². The lowest BCUT2D eigenvalue weighted by molar-refractivity contribution is -0.185. The fourth-order valence-corrected chi connectivity index (χ4v) is 4.97. The Morgan fingerprint density at radius 2 is 1.24 bits per heavy atom. The van der Waals surface area contributed by atoms with Crippen molar-refractivity contribution in [2.45, 2.75) is 37.6 Å². The van der Waals surface area contributed by atoms with Crippen LogP contribution in [0.15, 0.2) is 121 Å². The van der Waals surface area contributed by atoms with Crippen molar-refractivity contribution >= 4 is 12.1 Å². The van der Waals surface area contributed by atoms with Gasteiger partial charge in [-0.15, -0.1) is 0 Å². The molecule has 0 aromatic heterocycles. The lowest BCUT2D eigenvalue weighted by atomic mass is 9.83. The number of cyclic esters (lactones) is 1. The molecule has 1 aliphatic heterocycles. The fourth-order valence-electron chi connectivity index (χ4n) is 4.97. The Morgan fingerprint density at radius 1 is 0.757 bits per heavy atom. The van der Waals surface area contributed by atoms with Crippen molar-refractivity contribution in [1.29, 1.82) is 0 Å². The number of hydrogen-bond donors (Lipinski definition) is 0. The second kappa shape index (κ2) is 10.7. The maximum Gasteiger partial charge on any atom is 0.411 e. The predicted octanol–water partition coefficient (Wildman–Crippen LogP) is 6.67. The van der Waals surface area contributed by atoms with Crippen LogP contribution in [0, 0.1) is 0 Å². The second-order valence-electron chi connectivity index (χ2n) is 9.44. The van der Waals surface area contributed by atoms with E-state index in [0.29, 0.717) is 0 Å². The van der Waals surface area contributed by atoms with Crippen LogP contribution < -0.4 is 0 Å². The average Bonchev–Trinajstić information content (AvgIpc) is 2.95. The third-order valence-corrected chi connectivity index (χ3v) is 6.83. The van der Waals surface area contributed by atoms with Gasteiger partial charge in [-0.3, -0.25) is 4.90 Å². The molecule has 0 unspecified atom stereocenters. The highest BCUT2D eigenvalue weighted by atomic mass is 16.6. The van der Waals surface area contributed by atoms with E-state index in [-0.39, 0.29) is 13.0 Å². The van der Waals surface area contributed by atoms with Crippen LogP contribution in [-0.4, -0.2) is 22.5 Å². The first-order valence-electron chi connectivity index (χ1n) is 12.4. The lowest BCUT2D eigenvalue weighted by Crippen LogP contribution is -2.63. The molecule has 0 aliphatic carbocycles. The van der Waals surface area contributed by atoms with E-state index in [1.54, 1.807) is 11.8 Å². The molecule has 1 heterocycles. The maximum atomic E-state index is 14.0. The molecule has 0 radical (unpaired) electrons. The fraction of sp³-hybridized carbons (Fsp3) is 0.188. The van der Waals surface area contributed by atoms with Gasteiger partial charge in [0.05, 0.1) is 0 Å². The molecule has 1 aliphatic rings. The van der Waals surface area contributed by atoms with Crippen LogP contribution in [0.25, 0.3) is 0 Å². The third-order valence-electron chi connectivity index (χ3n) is 6.83. The summed E-state index contributed by atoms with van der Waals surface area (Å²) in [7, 11) is 0. The van der Waals surface area contributed by atoms with Gasteiger partial charge in [-0.2, -0.15) is 0 Å². The van der Waals surface area contributed by atoms with Crippen LogP contribution in [0.1, 0.15) is 41.3 Å². The average molecular weight is 492 g/mol. The number of nitrogens with zero attached hydrogens (tertiary/aromatic N) is 1. The van der Waals surface area contributed by atoms with E-state index in [1.165, 1.54) is 0 Å². The van der Waals surface area contributed by atoms with E-state index in [2.05, 4.69) is 0 Å². The van der Waals surface area contributed by atoms with Gasteiger partial charge in [-0.25, -0.2) is 9.59 Å². The highest BCUT2D eigenvalue weighted by molar-refractivity contribution is 5.87. The molecule has 0 bridgehead atoms. The van der Waals surface area contributed by atoms with Crippen molar-refractivity contribution in [1.82, 2.24) is 4.90 Å². The Hall–Kier alpha value is -4.38. The van der Waals surface area contributed by atoms with Crippen LogP contribution >= 0.6 is 0 Å². The smallest absolute Gasteiger partial charge is 0.411 e. The van der Waals surface area contributed by atoms with Crippen molar-refractivity contribution < 1.29 is 19.1 Å². The molecule has 1 fully saturated rings. The van der Waals surface area contributed by atoms with Crippen LogP contribution in [-0.2, 0) is 27.3 Å². The van der Waals surface area contributed by atoms with Gasteiger partial charge in [-0.1, -0.05) is 121 Å². The number of morpholine rings is 1. The summed E-state index contributed by atoms with van der Waals surface area (Å²) in [6, 6.07) is 37.9. The van der Waals surface area contributed by atoms with E-state index in [4.69, 9.17) is 9.47 Å². The second-order valence-corrected chi connectivity index (χ2v) is 9.44. The number of rotatable bonds is 6. The Kier molecular flexibility index (Phi) is 7.04. The largest absolute Gasteiger partial charge is 0.453 e. The van der Waals surface area contributed by atoms with Crippen molar-refractivity contribution in [3.8, 4) is 0 Å². The minimum Gasteiger partial charge on any atom is -0.453 e. The summed E-state index contributed by atoms with van der Waals surface area (Å²) in [5, 5.41) is 0. The van der Waals surface area contributed by atoms with Gasteiger partial charge < -0.3 is 9.47 Å². The third kappa shape index (κ3) is 5.12. The van der Waals surface area contributed by atoms with Gasteiger partial charge in [-0.05, 0) is 29.2 Å². The Labute approximate surface area is 217 Å². The summed E-state index contributed by atoms with van der Waals surface area (Å²) in [4.78, 5) is 29.4. The Bertz CT molecular complexity index is 1330. The molecular formula is C32H29NO4. The molecule has 5 rings (SSSR count). The molecule has 0 N–H and O–H groups in total. The van der Waals surface area contributed by atoms with E-state index in [9.17, 15) is 9.59 Å². The number of esters is 1. The molecule has 4 aromatic carbocycles. The van der Waals surface area contributed by atoms with Gasteiger partial charge in [0.1, 0.15) is 18.2 Å². The number of amides is 1. The number of benzene rings is 4. The summed E-state index contributed by atoms with van der Waals surface area (Å²) in [6.07, 6.45) is -0.962. The number of carbonyl (C=O) groups excluding carboxylic acids is 2. The molecule has 0 spiro atoms. The summed E-state index contributed by atoms with van der Waals surface area (Å²) in [5.74, 6) is -0.464. The van der Waals surface area contributed by atoms with Crippen molar-refractivity contribution in [3.05, 3.63) is 144 Å². The van der Waals surface area contributed by atoms with E-state index in [1.807, 2.05) is 121 Å². The summed E-state index contributed by atoms with van der Waals surface area (Å²) in [5.41, 5.74) is 2.18. The summed E-state index contributed by atoms with van der Waals surface area (Å²) in [6.45, 7) is 1.87. The lowest BCUT2D eigenvalue weighted by Gasteiger charge is -2.50. The zero-order chi connectivity index (χ0) is 25.7. The van der Waals surface area contributed by atoms with Gasteiger partial charge in [0.15, 0.2) is 6.10 Å². The van der Waals surface area contributed by atoms with E-state index >= 15 is 0 Å². The normalized spacial score (nSPS) is 21.2. The molecule has 5 heteroatoms. The Balaban J connectivity index is 1.60. The van der Waals surface area contributed by atoms with Gasteiger partial charge in [0.2, 0.25) is 0 Å². The first kappa shape index (κ1) is 24.3. The standard InChI is InChI=1S/C32H29NO4/c1-32(22-24-14-6-2-7-15-24)30(34)37-29(27-20-12-5-13-21-27)28(26-18-10-4-11-19-26)33(32)31(35)36-23-25-16-8-3-9-17-25/h2-21,28-29H,22-23H2,1H3/t28-,29+,32-/m0/s1. The molecule has 186 valence electrons. The molecule has 5 nitrogen and oxygen atoms in total. The highest BCUT2D eigenvalue weighted by Gasteiger charge is 2.55. The van der Waals surface area contributed by atoms with Crippen LogP contribution in [0.5, 0.6) is 0 Å². The SMILES string of the molecule is C[C@]1(Cc2ccccc2)C(=O)O[C@H](c2ccccc2)[C@H](c2ccccc2)N1C(=O)OCc1ccccc1. The first-order valence-corrected chi connectivity index (χ1v) is 12.4. The van der Waals surface area contributed by atoms with E-state index < -0.39 is 29.7 Å². The number of ether oxygens (including phenoxy) is 2. The van der Waals surface area contributed by atoms with Crippen molar-refractivity contribution in [2.75, 3.05) is 0 Å². The topological polar surface area (TPSA) is 55.8 Å². The van der Waals surface area contributed by atoms with Crippen LogP contribution in [0.3, 0.4) is 0 Å². The first-order chi connectivity index (χ1) is 18.1. The zero-order valence-electron chi connectivity index (χ0n) is 20.7. The number of carbonyl (C=O) groups is 2. The van der Waals surface area contributed by atoms with Crippen LogP contribution in [0.4, 0.5) is 4.79 Å². The van der Waals surface area contributed by atoms with Gasteiger partial charge >= 0.3 is 12.1 Å². The molecule has 4 aromatic rings. The molecular weight excluding hydrogens is 462 g/mol. The minimum absolute atomic E-state index is 0.101. The molecule has 0 saturated carbocycles. The molecule has 37 heavy (non-hydrogen) atoms. The minimum atomic E-state index is -1.29. The molecule has 3 atom stereocenters. The zero-order valence-corrected chi connectivity index (χ0v) is 20.7. The van der Waals surface area contributed by atoms with Gasteiger partial charge in [0.25, 0.3) is 0 Å².